The Bertz CT molecular complexity index is 237. The highest BCUT2D eigenvalue weighted by Gasteiger charge is 2.29. The summed E-state index contributed by atoms with van der Waals surface area (Å²) in [6, 6.07) is 0. The molecule has 7 nitrogen and oxygen atoms in total. The molecule has 0 aromatic heterocycles. The molecule has 1 rings (SSSR count). The van der Waals surface area contributed by atoms with Crippen molar-refractivity contribution in [2.75, 3.05) is 14.1 Å². The number of nitrogens with zero attached hydrogens (tertiary/aromatic N) is 3. The van der Waals surface area contributed by atoms with Crippen molar-refractivity contribution >= 4 is 5.97 Å². The molecule has 1 saturated heterocycles. The molecule has 12 heavy (non-hydrogen) atoms. The van der Waals surface area contributed by atoms with Crippen LogP contribution in [0.3, 0.4) is 0 Å². The third-order valence-electron chi connectivity index (χ3n) is 1.24. The van der Waals surface area contributed by atoms with Crippen molar-refractivity contribution in [3.05, 3.63) is 16.8 Å². The fraction of sp³-hybridized carbons (Fsp3) is 0.400. The first-order valence-corrected chi connectivity index (χ1v) is 3.13. The molecule has 0 spiro atoms. The van der Waals surface area contributed by atoms with Gasteiger partial charge in [0.1, 0.15) is 6.20 Å². The molecule has 0 radical (unpaired) electrons. The van der Waals surface area contributed by atoms with Gasteiger partial charge in [-0.25, -0.2) is 9.80 Å². The Kier molecular flexibility index (Phi) is 2.36. The average molecular weight is 172 g/mol. The molecule has 0 bridgehead atoms. The Morgan fingerprint density at radius 1 is 1.67 bits per heavy atom. The first kappa shape index (κ1) is 8.62. The topological polar surface area (TPSA) is 74.2 Å². The van der Waals surface area contributed by atoms with E-state index in [1.807, 2.05) is 0 Å². The average Bonchev–Trinajstić information content (AvgIpc) is 2.34. The highest BCUT2D eigenvalue weighted by Crippen LogP contribution is 2.11. The zero-order valence-corrected chi connectivity index (χ0v) is 6.64. The lowest BCUT2D eigenvalue weighted by atomic mass is 10.5. The van der Waals surface area contributed by atoms with Gasteiger partial charge in [0.2, 0.25) is 0 Å². The smallest absolute Gasteiger partial charge is 0.344 e. The Balaban J connectivity index is 2.84. The van der Waals surface area contributed by atoms with Crippen LogP contribution >= 0.6 is 0 Å². The van der Waals surface area contributed by atoms with Crippen LogP contribution in [-0.2, 0) is 9.63 Å². The van der Waals surface area contributed by atoms with Gasteiger partial charge in [-0.1, -0.05) is 0 Å². The third kappa shape index (κ3) is 1.41. The minimum atomic E-state index is -0.636. The van der Waals surface area contributed by atoms with E-state index in [-0.39, 0.29) is 5.70 Å². The number of hydrogen-bond donors (Lipinski definition) is 1. The minimum absolute atomic E-state index is 0.0509. The molecule has 0 atom stereocenters. The molecular formula is C5H8N4O3. The first-order chi connectivity index (χ1) is 5.66. The summed E-state index contributed by atoms with van der Waals surface area (Å²) in [7, 11) is 3.35. The molecule has 1 N–H and O–H groups in total. The van der Waals surface area contributed by atoms with Crippen molar-refractivity contribution in [3.63, 3.8) is 0 Å². The Morgan fingerprint density at radius 2 is 2.33 bits per heavy atom. The predicted molar refractivity (Wildman–Crippen MR) is 38.6 cm³/mol. The van der Waals surface area contributed by atoms with Gasteiger partial charge >= 0.3 is 5.97 Å². The monoisotopic (exact) mass is 172 g/mol. The summed E-state index contributed by atoms with van der Waals surface area (Å²) in [5, 5.41) is 5.26. The normalized spacial score (nSPS) is 20.4. The molecule has 1 aliphatic heterocycles. The lowest BCUT2D eigenvalue weighted by molar-refractivity contribution is -0.147. The van der Waals surface area contributed by atoms with Gasteiger partial charge in [-0.3, -0.25) is 0 Å². The van der Waals surface area contributed by atoms with Gasteiger partial charge < -0.3 is 4.84 Å². The molecular weight excluding hydrogens is 164 g/mol. The van der Waals surface area contributed by atoms with Crippen molar-refractivity contribution in [1.29, 1.82) is 0 Å². The van der Waals surface area contributed by atoms with Gasteiger partial charge in [0.15, 0.2) is 5.70 Å². The zero-order valence-electron chi connectivity index (χ0n) is 6.64. The van der Waals surface area contributed by atoms with Crippen LogP contribution in [0.4, 0.5) is 0 Å². The van der Waals surface area contributed by atoms with E-state index in [9.17, 15) is 9.70 Å². The minimum Gasteiger partial charge on any atom is -0.344 e. The quantitative estimate of drug-likeness (QED) is 0.440. The summed E-state index contributed by atoms with van der Waals surface area (Å²) in [6.07, 6.45) is 0.877. The van der Waals surface area contributed by atoms with E-state index in [0.29, 0.717) is 0 Å². The molecule has 1 aliphatic rings. The number of hydrazine groups is 2. The second-order valence-corrected chi connectivity index (χ2v) is 2.26. The maximum atomic E-state index is 10.9. The number of nitroso groups, excluding NO2 is 1. The van der Waals surface area contributed by atoms with Crippen LogP contribution in [0, 0.1) is 4.91 Å². The number of nitrogens with one attached hydrogen (secondary N) is 1. The third-order valence-corrected chi connectivity index (χ3v) is 1.24. The first-order valence-electron chi connectivity index (χ1n) is 3.13. The van der Waals surface area contributed by atoms with Crippen molar-refractivity contribution in [2.24, 2.45) is 5.18 Å². The molecule has 0 aliphatic carbocycles. The van der Waals surface area contributed by atoms with Gasteiger partial charge in [-0.2, -0.15) is 5.12 Å². The summed E-state index contributed by atoms with van der Waals surface area (Å²) in [5.74, 6) is -0.636. The number of carbonyl (C=O) groups excluding carboxylic acids is 1. The molecule has 0 unspecified atom stereocenters. The van der Waals surface area contributed by atoms with E-state index >= 15 is 0 Å². The second-order valence-electron chi connectivity index (χ2n) is 2.26. The van der Waals surface area contributed by atoms with Crippen LogP contribution in [0.1, 0.15) is 0 Å². The van der Waals surface area contributed by atoms with Gasteiger partial charge in [0.05, 0.1) is 0 Å². The Morgan fingerprint density at radius 3 is 2.83 bits per heavy atom. The van der Waals surface area contributed by atoms with Gasteiger partial charge in [-0.05, 0) is 10.8 Å². The van der Waals surface area contributed by atoms with E-state index in [2.05, 4.69) is 15.6 Å². The fourth-order valence-corrected chi connectivity index (χ4v) is 0.727. The summed E-state index contributed by atoms with van der Waals surface area (Å²) in [4.78, 5) is 25.1. The van der Waals surface area contributed by atoms with E-state index in [1.54, 1.807) is 14.1 Å². The fourth-order valence-electron chi connectivity index (χ4n) is 0.727. The van der Waals surface area contributed by atoms with Crippen LogP contribution in [0.5, 0.6) is 0 Å². The molecule has 1 heterocycles. The Hall–Kier alpha value is -1.47. The Labute approximate surface area is 68.4 Å². The highest BCUT2D eigenvalue weighted by atomic mass is 16.7. The second kappa shape index (κ2) is 3.28. The van der Waals surface area contributed by atoms with Crippen LogP contribution in [-0.4, -0.2) is 30.2 Å². The van der Waals surface area contributed by atoms with E-state index in [1.165, 1.54) is 10.1 Å². The maximum Gasteiger partial charge on any atom is 0.379 e. The van der Waals surface area contributed by atoms with Crippen molar-refractivity contribution in [1.82, 2.24) is 15.7 Å². The number of carbonyl (C=O) groups is 1. The number of rotatable bonds is 2. The van der Waals surface area contributed by atoms with Crippen molar-refractivity contribution < 1.29 is 9.63 Å². The van der Waals surface area contributed by atoms with E-state index in [0.717, 1.165) is 6.20 Å². The molecule has 0 saturated carbocycles. The van der Waals surface area contributed by atoms with Crippen LogP contribution in [0.25, 0.3) is 0 Å². The van der Waals surface area contributed by atoms with Crippen LogP contribution < -0.4 is 5.59 Å². The molecule has 0 amide bonds. The van der Waals surface area contributed by atoms with Crippen LogP contribution in [0.15, 0.2) is 17.1 Å². The van der Waals surface area contributed by atoms with E-state index < -0.39 is 5.97 Å². The lowest BCUT2D eigenvalue weighted by Gasteiger charge is -2.21. The van der Waals surface area contributed by atoms with Gasteiger partial charge in [0.25, 0.3) is 0 Å². The summed E-state index contributed by atoms with van der Waals surface area (Å²) in [5.41, 5.74) is 2.33. The standard InChI is InChI=1S/C5H8N4O3/c1-8(2)9-4(3-6-11)5(10)12-7-9/h3,7H,1-2H3. The summed E-state index contributed by atoms with van der Waals surface area (Å²) in [6.45, 7) is 0. The van der Waals surface area contributed by atoms with Gasteiger partial charge in [0, 0.05) is 14.1 Å². The largest absolute Gasteiger partial charge is 0.379 e. The molecule has 0 aromatic carbocycles. The zero-order chi connectivity index (χ0) is 9.14. The van der Waals surface area contributed by atoms with Crippen LogP contribution in [0.2, 0.25) is 0 Å². The summed E-state index contributed by atoms with van der Waals surface area (Å²) < 4.78 is 0. The number of hydrogen-bond acceptors (Lipinski definition) is 7. The molecule has 66 valence electrons. The molecule has 1 fully saturated rings. The molecule has 0 aromatic rings. The van der Waals surface area contributed by atoms with E-state index in [4.69, 9.17) is 0 Å². The summed E-state index contributed by atoms with van der Waals surface area (Å²) >= 11 is 0. The van der Waals surface area contributed by atoms with Crippen molar-refractivity contribution in [3.8, 4) is 0 Å². The SMILES string of the molecule is CN(C)N1NOC(=O)C1=CN=O. The lowest BCUT2D eigenvalue weighted by Crippen LogP contribution is -2.40. The van der Waals surface area contributed by atoms with Crippen molar-refractivity contribution in [2.45, 2.75) is 0 Å². The highest BCUT2D eigenvalue weighted by molar-refractivity contribution is 5.88. The predicted octanol–water partition coefficient (Wildman–Crippen LogP) is -0.651. The van der Waals surface area contributed by atoms with Gasteiger partial charge in [-0.15, -0.1) is 4.91 Å². The maximum absolute atomic E-state index is 10.9. The molecule has 7 heteroatoms.